The molecule has 0 aromatic rings. The molecule has 0 spiro atoms. The summed E-state index contributed by atoms with van der Waals surface area (Å²) in [5, 5.41) is 9.52. The highest BCUT2D eigenvalue weighted by Gasteiger charge is 2.24. The maximum atomic E-state index is 12.3. The molecule has 1 saturated heterocycles. The molecule has 0 saturated carbocycles. The average molecular weight is 288 g/mol. The van der Waals surface area contributed by atoms with Crippen LogP contribution in [0.4, 0.5) is 4.79 Å². The number of thioether (sulfide) groups is 1. The molecule has 2 unspecified atom stereocenters. The third-order valence-corrected chi connectivity index (χ3v) is 4.71. The fourth-order valence-electron chi connectivity index (χ4n) is 2.30. The van der Waals surface area contributed by atoms with Crippen LogP contribution >= 0.6 is 11.8 Å². The monoisotopic (exact) mass is 288 g/mol. The fourth-order valence-corrected chi connectivity index (χ4v) is 3.04. The van der Waals surface area contributed by atoms with Gasteiger partial charge in [0.15, 0.2) is 0 Å². The molecule has 1 N–H and O–H groups in total. The van der Waals surface area contributed by atoms with Crippen molar-refractivity contribution in [2.75, 3.05) is 32.9 Å². The molecule has 1 aliphatic heterocycles. The van der Waals surface area contributed by atoms with E-state index < -0.39 is 11.9 Å². The van der Waals surface area contributed by atoms with Crippen LogP contribution in [0, 0.1) is 5.92 Å². The SMILES string of the molecule is CSC1CCCN(C(=O)N(C)CC(C)C(=O)O)CC1. The number of nitrogens with zero attached hydrogens (tertiary/aromatic N) is 2. The number of carboxylic acids is 1. The second-order valence-electron chi connectivity index (χ2n) is 5.18. The lowest BCUT2D eigenvalue weighted by Gasteiger charge is -2.28. The van der Waals surface area contributed by atoms with Crippen LogP contribution in [0.1, 0.15) is 26.2 Å². The van der Waals surface area contributed by atoms with Crippen molar-refractivity contribution in [1.29, 1.82) is 0 Å². The summed E-state index contributed by atoms with van der Waals surface area (Å²) in [4.78, 5) is 26.5. The van der Waals surface area contributed by atoms with Gasteiger partial charge in [0, 0.05) is 31.9 Å². The van der Waals surface area contributed by atoms with Crippen molar-refractivity contribution in [3.8, 4) is 0 Å². The molecule has 0 aromatic heterocycles. The van der Waals surface area contributed by atoms with Gasteiger partial charge in [0.1, 0.15) is 0 Å². The highest BCUT2D eigenvalue weighted by atomic mass is 32.2. The van der Waals surface area contributed by atoms with Gasteiger partial charge >= 0.3 is 12.0 Å². The Morgan fingerprint density at radius 3 is 2.68 bits per heavy atom. The molecular weight excluding hydrogens is 264 g/mol. The summed E-state index contributed by atoms with van der Waals surface area (Å²) >= 11 is 1.87. The fraction of sp³-hybridized carbons (Fsp3) is 0.846. The second kappa shape index (κ2) is 7.62. The first kappa shape index (κ1) is 16.1. The van der Waals surface area contributed by atoms with E-state index in [1.54, 1.807) is 14.0 Å². The van der Waals surface area contributed by atoms with Gasteiger partial charge in [0.2, 0.25) is 0 Å². The van der Waals surface area contributed by atoms with E-state index in [-0.39, 0.29) is 12.6 Å². The van der Waals surface area contributed by atoms with Crippen LogP contribution in [-0.2, 0) is 4.79 Å². The van der Waals surface area contributed by atoms with Crippen LogP contribution in [0.15, 0.2) is 0 Å². The summed E-state index contributed by atoms with van der Waals surface area (Å²) in [7, 11) is 1.68. The van der Waals surface area contributed by atoms with Gasteiger partial charge in [-0.3, -0.25) is 4.79 Å². The quantitative estimate of drug-likeness (QED) is 0.859. The number of aliphatic carboxylic acids is 1. The van der Waals surface area contributed by atoms with Crippen molar-refractivity contribution in [3.05, 3.63) is 0 Å². The molecule has 1 heterocycles. The van der Waals surface area contributed by atoms with Crippen LogP contribution in [0.5, 0.6) is 0 Å². The van der Waals surface area contributed by atoms with E-state index in [0.29, 0.717) is 5.25 Å². The lowest BCUT2D eigenvalue weighted by atomic mass is 10.2. The summed E-state index contributed by atoms with van der Waals surface area (Å²) in [5.74, 6) is -1.39. The Bertz CT molecular complexity index is 325. The molecule has 2 atom stereocenters. The van der Waals surface area contributed by atoms with E-state index in [9.17, 15) is 9.59 Å². The van der Waals surface area contributed by atoms with Crippen LogP contribution < -0.4 is 0 Å². The van der Waals surface area contributed by atoms with Crippen molar-refractivity contribution in [2.45, 2.75) is 31.4 Å². The van der Waals surface area contributed by atoms with Crippen LogP contribution in [0.3, 0.4) is 0 Å². The molecule has 0 aromatic carbocycles. The van der Waals surface area contributed by atoms with Gasteiger partial charge in [-0.25, -0.2) is 4.79 Å². The minimum absolute atomic E-state index is 0.0464. The van der Waals surface area contributed by atoms with Crippen molar-refractivity contribution in [1.82, 2.24) is 9.80 Å². The third kappa shape index (κ3) is 4.93. The Kier molecular flexibility index (Phi) is 6.48. The zero-order valence-electron chi connectivity index (χ0n) is 12.0. The van der Waals surface area contributed by atoms with Gasteiger partial charge in [-0.05, 0) is 25.5 Å². The first-order chi connectivity index (χ1) is 8.95. The number of amides is 2. The predicted molar refractivity (Wildman–Crippen MR) is 77.6 cm³/mol. The van der Waals surface area contributed by atoms with Gasteiger partial charge < -0.3 is 14.9 Å². The van der Waals surface area contributed by atoms with Crippen molar-refractivity contribution in [3.63, 3.8) is 0 Å². The largest absolute Gasteiger partial charge is 0.481 e. The Labute approximate surface area is 119 Å². The van der Waals surface area contributed by atoms with Crippen LogP contribution in [0.2, 0.25) is 0 Å². The molecule has 0 radical (unpaired) electrons. The molecule has 1 aliphatic rings. The molecule has 0 bridgehead atoms. The zero-order valence-corrected chi connectivity index (χ0v) is 12.8. The number of carboxylic acid groups (broad SMARTS) is 1. The summed E-state index contributed by atoms with van der Waals surface area (Å²) in [6, 6.07) is -0.0464. The summed E-state index contributed by atoms with van der Waals surface area (Å²) in [6.45, 7) is 3.44. The first-order valence-electron chi connectivity index (χ1n) is 6.71. The Balaban J connectivity index is 2.49. The number of hydrogen-bond acceptors (Lipinski definition) is 3. The molecule has 110 valence electrons. The third-order valence-electron chi connectivity index (χ3n) is 3.57. The number of hydrogen-bond donors (Lipinski definition) is 1. The summed E-state index contributed by atoms with van der Waals surface area (Å²) in [5.41, 5.74) is 0. The smallest absolute Gasteiger partial charge is 0.319 e. The summed E-state index contributed by atoms with van der Waals surface area (Å²) in [6.07, 6.45) is 5.32. The van der Waals surface area contributed by atoms with Gasteiger partial charge in [-0.1, -0.05) is 6.92 Å². The molecule has 2 amide bonds. The number of carbonyl (C=O) groups is 2. The molecule has 19 heavy (non-hydrogen) atoms. The molecule has 1 fully saturated rings. The minimum Gasteiger partial charge on any atom is -0.481 e. The number of likely N-dealkylation sites (tertiary alicyclic amines) is 1. The van der Waals surface area contributed by atoms with Gasteiger partial charge in [0.05, 0.1) is 5.92 Å². The Morgan fingerprint density at radius 1 is 1.42 bits per heavy atom. The lowest BCUT2D eigenvalue weighted by molar-refractivity contribution is -0.141. The number of carbonyl (C=O) groups excluding carboxylic acids is 1. The average Bonchev–Trinajstić information content (AvgIpc) is 2.62. The van der Waals surface area contributed by atoms with Gasteiger partial charge in [-0.2, -0.15) is 11.8 Å². The van der Waals surface area contributed by atoms with Crippen LogP contribution in [0.25, 0.3) is 0 Å². The van der Waals surface area contributed by atoms with Crippen molar-refractivity contribution in [2.24, 2.45) is 5.92 Å². The Morgan fingerprint density at radius 2 is 2.11 bits per heavy atom. The lowest BCUT2D eigenvalue weighted by Crippen LogP contribution is -2.44. The van der Waals surface area contributed by atoms with E-state index in [1.807, 2.05) is 16.7 Å². The van der Waals surface area contributed by atoms with E-state index in [2.05, 4.69) is 6.26 Å². The van der Waals surface area contributed by atoms with E-state index in [4.69, 9.17) is 5.11 Å². The minimum atomic E-state index is -0.863. The standard InChI is InChI=1S/C13H24N2O3S/c1-10(12(16)17)9-14(2)13(18)15-7-4-5-11(19-3)6-8-15/h10-11H,4-9H2,1-3H3,(H,16,17). The maximum absolute atomic E-state index is 12.3. The first-order valence-corrected chi connectivity index (χ1v) is 8.00. The highest BCUT2D eigenvalue weighted by Crippen LogP contribution is 2.21. The molecule has 1 rings (SSSR count). The highest BCUT2D eigenvalue weighted by molar-refractivity contribution is 7.99. The van der Waals surface area contributed by atoms with E-state index in [0.717, 1.165) is 32.4 Å². The molecule has 6 heteroatoms. The Hall–Kier alpha value is -0.910. The second-order valence-corrected chi connectivity index (χ2v) is 6.32. The van der Waals surface area contributed by atoms with Crippen molar-refractivity contribution < 1.29 is 14.7 Å². The molecule has 0 aliphatic carbocycles. The normalized spacial score (nSPS) is 21.6. The number of rotatable bonds is 4. The predicted octanol–water partition coefficient (Wildman–Crippen LogP) is 1.98. The van der Waals surface area contributed by atoms with E-state index >= 15 is 0 Å². The maximum Gasteiger partial charge on any atom is 0.319 e. The van der Waals surface area contributed by atoms with Gasteiger partial charge in [0.25, 0.3) is 0 Å². The zero-order chi connectivity index (χ0) is 14.4. The van der Waals surface area contributed by atoms with Crippen LogP contribution in [-0.4, -0.2) is 65.1 Å². The molecule has 5 nitrogen and oxygen atoms in total. The van der Waals surface area contributed by atoms with Crippen molar-refractivity contribution >= 4 is 23.8 Å². The van der Waals surface area contributed by atoms with Gasteiger partial charge in [-0.15, -0.1) is 0 Å². The molecular formula is C13H24N2O3S. The topological polar surface area (TPSA) is 60.9 Å². The van der Waals surface area contributed by atoms with E-state index in [1.165, 1.54) is 4.90 Å². The summed E-state index contributed by atoms with van der Waals surface area (Å²) < 4.78 is 0. The number of urea groups is 1.